The summed E-state index contributed by atoms with van der Waals surface area (Å²) in [5.74, 6) is 0.986. The van der Waals surface area contributed by atoms with E-state index in [4.69, 9.17) is 4.74 Å². The lowest BCUT2D eigenvalue weighted by molar-refractivity contribution is 0.238. The van der Waals surface area contributed by atoms with Crippen LogP contribution in [0.25, 0.3) is 0 Å². The molecule has 1 aliphatic heterocycles. The van der Waals surface area contributed by atoms with Crippen molar-refractivity contribution in [1.29, 1.82) is 0 Å². The van der Waals surface area contributed by atoms with Crippen LogP contribution in [-0.2, 0) is 6.54 Å². The van der Waals surface area contributed by atoms with Gasteiger partial charge in [0.05, 0.1) is 6.10 Å². The maximum absolute atomic E-state index is 5.89. The number of hydrogen-bond donors (Lipinski definition) is 1. The van der Waals surface area contributed by atoms with E-state index in [1.54, 1.807) is 0 Å². The van der Waals surface area contributed by atoms with E-state index in [9.17, 15) is 0 Å². The Labute approximate surface area is 137 Å². The van der Waals surface area contributed by atoms with E-state index in [1.807, 2.05) is 6.07 Å². The maximum Gasteiger partial charge on any atom is 0.124 e. The Morgan fingerprint density at radius 2 is 2.24 bits per heavy atom. The molecular formula is C17H27BrN2O. The summed E-state index contributed by atoms with van der Waals surface area (Å²) in [5, 5.41) is 3.61. The zero-order valence-corrected chi connectivity index (χ0v) is 14.9. The lowest BCUT2D eigenvalue weighted by Crippen LogP contribution is -2.37. The van der Waals surface area contributed by atoms with Crippen molar-refractivity contribution in [1.82, 2.24) is 10.2 Å². The number of nitrogens with zero attached hydrogens (tertiary/aromatic N) is 1. The summed E-state index contributed by atoms with van der Waals surface area (Å²) in [4.78, 5) is 2.57. The fourth-order valence-electron chi connectivity index (χ4n) is 2.97. The molecule has 1 atom stereocenters. The number of likely N-dealkylation sites (N-methyl/N-ethyl adjacent to an activating group) is 1. The van der Waals surface area contributed by atoms with Crippen LogP contribution >= 0.6 is 15.9 Å². The molecule has 0 aromatic heterocycles. The Balaban J connectivity index is 1.91. The van der Waals surface area contributed by atoms with Crippen LogP contribution in [0.15, 0.2) is 22.7 Å². The molecule has 1 fully saturated rings. The maximum atomic E-state index is 5.89. The number of nitrogens with one attached hydrogen (secondary N) is 1. The molecule has 118 valence electrons. The Morgan fingerprint density at radius 3 is 2.95 bits per heavy atom. The minimum Gasteiger partial charge on any atom is -0.491 e. The van der Waals surface area contributed by atoms with Gasteiger partial charge >= 0.3 is 0 Å². The standard InChI is InChI=1S/C17H27BrN2O/c1-4-20-9-5-6-16(20)12-19-11-14-10-15(18)7-8-17(14)21-13(2)3/h7-8,10,13,16,19H,4-6,9,11-12H2,1-3H3/t16-/m0/s1. The number of rotatable bonds is 7. The molecule has 21 heavy (non-hydrogen) atoms. The molecule has 0 bridgehead atoms. The smallest absolute Gasteiger partial charge is 0.124 e. The van der Waals surface area contributed by atoms with Gasteiger partial charge in [-0.3, -0.25) is 4.90 Å². The minimum atomic E-state index is 0.204. The van der Waals surface area contributed by atoms with Gasteiger partial charge in [-0.25, -0.2) is 0 Å². The predicted molar refractivity (Wildman–Crippen MR) is 91.9 cm³/mol. The van der Waals surface area contributed by atoms with E-state index in [0.717, 1.165) is 29.9 Å². The second-order valence-corrected chi connectivity index (χ2v) is 6.89. The highest BCUT2D eigenvalue weighted by Crippen LogP contribution is 2.24. The van der Waals surface area contributed by atoms with Gasteiger partial charge in [0.2, 0.25) is 0 Å². The third-order valence-corrected chi connectivity index (χ3v) is 4.48. The number of halogens is 1. The molecule has 0 spiro atoms. The van der Waals surface area contributed by atoms with Gasteiger partial charge in [-0.1, -0.05) is 22.9 Å². The van der Waals surface area contributed by atoms with Crippen LogP contribution in [0.5, 0.6) is 5.75 Å². The first-order valence-electron chi connectivity index (χ1n) is 8.00. The van der Waals surface area contributed by atoms with Crippen LogP contribution in [0.4, 0.5) is 0 Å². The van der Waals surface area contributed by atoms with E-state index in [0.29, 0.717) is 6.04 Å². The van der Waals surface area contributed by atoms with Gasteiger partial charge < -0.3 is 10.1 Å². The van der Waals surface area contributed by atoms with Gasteiger partial charge in [-0.2, -0.15) is 0 Å². The van der Waals surface area contributed by atoms with Gasteiger partial charge in [0, 0.05) is 29.2 Å². The van der Waals surface area contributed by atoms with Gasteiger partial charge in [-0.15, -0.1) is 0 Å². The molecule has 4 heteroatoms. The third-order valence-electron chi connectivity index (χ3n) is 3.99. The Kier molecular flexibility index (Phi) is 6.52. The van der Waals surface area contributed by atoms with E-state index in [-0.39, 0.29) is 6.10 Å². The van der Waals surface area contributed by atoms with Gasteiger partial charge in [0.25, 0.3) is 0 Å². The zero-order chi connectivity index (χ0) is 15.2. The Bertz CT molecular complexity index is 450. The van der Waals surface area contributed by atoms with Crippen LogP contribution in [0.2, 0.25) is 0 Å². The van der Waals surface area contributed by atoms with Gasteiger partial charge in [-0.05, 0) is 58.0 Å². The Hall–Kier alpha value is -0.580. The molecule has 0 saturated carbocycles. The second-order valence-electron chi connectivity index (χ2n) is 5.97. The minimum absolute atomic E-state index is 0.204. The third kappa shape index (κ3) is 4.97. The average molecular weight is 355 g/mol. The summed E-state index contributed by atoms with van der Waals surface area (Å²) >= 11 is 3.55. The largest absolute Gasteiger partial charge is 0.491 e. The monoisotopic (exact) mass is 354 g/mol. The average Bonchev–Trinajstić information content (AvgIpc) is 2.89. The second kappa shape index (κ2) is 8.16. The first-order chi connectivity index (χ1) is 10.1. The molecule has 1 saturated heterocycles. The van der Waals surface area contributed by atoms with E-state index >= 15 is 0 Å². The molecule has 3 nitrogen and oxygen atoms in total. The van der Waals surface area contributed by atoms with Crippen molar-refractivity contribution in [3.05, 3.63) is 28.2 Å². The molecule has 1 aromatic rings. The van der Waals surface area contributed by atoms with Gasteiger partial charge in [0.15, 0.2) is 0 Å². The van der Waals surface area contributed by atoms with Crippen molar-refractivity contribution in [2.75, 3.05) is 19.6 Å². The number of benzene rings is 1. The van der Waals surface area contributed by atoms with Crippen molar-refractivity contribution in [2.24, 2.45) is 0 Å². The summed E-state index contributed by atoms with van der Waals surface area (Å²) in [5.41, 5.74) is 1.22. The van der Waals surface area contributed by atoms with Crippen LogP contribution in [0, 0.1) is 0 Å². The van der Waals surface area contributed by atoms with Crippen LogP contribution in [0.3, 0.4) is 0 Å². The Morgan fingerprint density at radius 1 is 1.43 bits per heavy atom. The lowest BCUT2D eigenvalue weighted by atomic mass is 10.1. The molecule has 0 amide bonds. The molecule has 0 aliphatic carbocycles. The summed E-state index contributed by atoms with van der Waals surface area (Å²) in [7, 11) is 0. The van der Waals surface area contributed by atoms with Crippen molar-refractivity contribution in [3.63, 3.8) is 0 Å². The normalized spacial score (nSPS) is 19.4. The fraction of sp³-hybridized carbons (Fsp3) is 0.647. The molecule has 0 unspecified atom stereocenters. The molecule has 2 rings (SSSR count). The quantitative estimate of drug-likeness (QED) is 0.805. The first kappa shape index (κ1) is 16.8. The first-order valence-corrected chi connectivity index (χ1v) is 8.79. The van der Waals surface area contributed by atoms with E-state index < -0.39 is 0 Å². The number of hydrogen-bond acceptors (Lipinski definition) is 3. The summed E-state index contributed by atoms with van der Waals surface area (Å²) in [6, 6.07) is 6.93. The van der Waals surface area contributed by atoms with Crippen LogP contribution in [-0.4, -0.2) is 36.7 Å². The molecule has 1 heterocycles. The molecular weight excluding hydrogens is 328 g/mol. The van der Waals surface area contributed by atoms with Crippen molar-refractivity contribution >= 4 is 15.9 Å². The molecule has 1 aliphatic rings. The topological polar surface area (TPSA) is 24.5 Å². The summed E-state index contributed by atoms with van der Waals surface area (Å²) < 4.78 is 7.00. The molecule has 1 aromatic carbocycles. The summed E-state index contributed by atoms with van der Waals surface area (Å²) in [6.45, 7) is 10.7. The van der Waals surface area contributed by atoms with Crippen molar-refractivity contribution in [2.45, 2.75) is 52.3 Å². The predicted octanol–water partition coefficient (Wildman–Crippen LogP) is 3.81. The zero-order valence-electron chi connectivity index (χ0n) is 13.4. The van der Waals surface area contributed by atoms with Crippen LogP contribution in [0.1, 0.15) is 39.2 Å². The van der Waals surface area contributed by atoms with Crippen molar-refractivity contribution in [3.8, 4) is 5.75 Å². The summed E-state index contributed by atoms with van der Waals surface area (Å²) in [6.07, 6.45) is 2.85. The number of ether oxygens (including phenoxy) is 1. The highest BCUT2D eigenvalue weighted by Gasteiger charge is 2.22. The van der Waals surface area contributed by atoms with Gasteiger partial charge in [0.1, 0.15) is 5.75 Å². The molecule has 1 N–H and O–H groups in total. The SMILES string of the molecule is CCN1CCC[C@H]1CNCc1cc(Br)ccc1OC(C)C. The lowest BCUT2D eigenvalue weighted by Gasteiger charge is -2.23. The number of likely N-dealkylation sites (tertiary alicyclic amines) is 1. The van der Waals surface area contributed by atoms with E-state index in [1.165, 1.54) is 24.9 Å². The fourth-order valence-corrected chi connectivity index (χ4v) is 3.38. The van der Waals surface area contributed by atoms with Crippen molar-refractivity contribution < 1.29 is 4.74 Å². The van der Waals surface area contributed by atoms with Crippen LogP contribution < -0.4 is 10.1 Å². The van der Waals surface area contributed by atoms with E-state index in [2.05, 4.69) is 59.1 Å². The highest BCUT2D eigenvalue weighted by molar-refractivity contribution is 9.10. The highest BCUT2D eigenvalue weighted by atomic mass is 79.9. The molecule has 0 radical (unpaired) electrons.